The van der Waals surface area contributed by atoms with Gasteiger partial charge in [0.1, 0.15) is 0 Å². The molecule has 0 aliphatic rings. The average molecular weight is 1200 g/mol. The molecule has 4 nitrogen and oxygen atoms in total. The Kier molecular flexibility index (Phi) is 98.5. The molecule has 0 aliphatic heterocycles. The first-order valence-electron chi connectivity index (χ1n) is 0.783. The van der Waals surface area contributed by atoms with Crippen LogP contribution in [0.2, 0.25) is 0 Å². The molecule has 0 unspecified atom stereocenters. The Hall–Kier alpha value is 4.24. The molecule has 0 saturated carbocycles. The monoisotopic (exact) mass is 1200 g/mol. The molecule has 0 atom stereocenters. The van der Waals surface area contributed by atoms with E-state index in [0.29, 0.717) is 0 Å². The Bertz CT molecular complexity index is 60.7. The molecule has 0 bridgehead atoms. The summed E-state index contributed by atoms with van der Waals surface area (Å²) in [6.45, 7) is 0. The summed E-state index contributed by atoms with van der Waals surface area (Å²) < 4.78 is 8.88. The van der Waals surface area contributed by atoms with Gasteiger partial charge in [-0.1, -0.05) is 0 Å². The van der Waals surface area contributed by atoms with Gasteiger partial charge in [0.25, 0.3) is 0 Å². The zero-order chi connectivity index (χ0) is 4.50. The van der Waals surface area contributed by atoms with Crippen LogP contribution in [-0.2, 0) is 131 Å². The second-order valence-corrected chi connectivity index (χ2v) is 1.54. The number of hydrogen-bond acceptors (Lipinski definition) is 1. The smallest absolute Gasteiger partial charge is 0.303 e. The molecule has 0 rings (SSSR count). The van der Waals surface area contributed by atoms with Gasteiger partial charge in [0.2, 0.25) is 0 Å². The van der Waals surface area contributed by atoms with Gasteiger partial charge in [-0.25, -0.2) is 4.57 Å². The third-order valence-corrected chi connectivity index (χ3v) is 0. The minimum Gasteiger partial charge on any atom is -0.303 e. The summed E-state index contributed by atoms with van der Waals surface area (Å²) >= 11 is 0. The molecule has 11 heavy (non-hydrogen) atoms. The van der Waals surface area contributed by atoms with Crippen LogP contribution in [0, 0.1) is 0 Å². The minimum absolute atomic E-state index is 0. The number of hydrogen-bond donors (Lipinski definition) is 3. The maximum absolute atomic E-state index is 8.88. The average Bonchev–Trinajstić information content (AvgIpc) is 0.722. The van der Waals surface area contributed by atoms with Gasteiger partial charge in [-0.15, -0.1) is 0 Å². The molecular weight excluding hydrogens is 1200 g/mol. The van der Waals surface area contributed by atoms with E-state index >= 15 is 0 Å². The first kappa shape index (κ1) is 45.5. The van der Waals surface area contributed by atoms with Crippen molar-refractivity contribution in [1.82, 2.24) is 0 Å². The van der Waals surface area contributed by atoms with Gasteiger partial charge >= 0.3 is 7.82 Å². The second-order valence-electron chi connectivity index (χ2n) is 0.513. The molecule has 11 heteroatoms. The van der Waals surface area contributed by atoms with Crippen molar-refractivity contribution in [2.24, 2.45) is 0 Å². The van der Waals surface area contributed by atoms with Crippen LogP contribution < -0.4 is 0 Å². The van der Waals surface area contributed by atoms with E-state index in [2.05, 4.69) is 0 Å². The maximum atomic E-state index is 8.88. The number of rotatable bonds is 0. The zero-order valence-electron chi connectivity index (χ0n) is 4.65. The van der Waals surface area contributed by atoms with E-state index in [4.69, 9.17) is 19.2 Å². The van der Waals surface area contributed by atoms with Crippen molar-refractivity contribution in [3.8, 4) is 0 Å². The van der Waals surface area contributed by atoms with E-state index in [9.17, 15) is 0 Å². The van der Waals surface area contributed by atoms with Gasteiger partial charge in [-0.3, -0.25) is 0 Å². The summed E-state index contributed by atoms with van der Waals surface area (Å²) in [5.41, 5.74) is 0. The van der Waals surface area contributed by atoms with Crippen LogP contribution in [0.15, 0.2) is 0 Å². The molecule has 68 valence electrons. The van der Waals surface area contributed by atoms with E-state index in [1.54, 1.807) is 0 Å². The first-order chi connectivity index (χ1) is 2.00. The molecular formula is H3O4PW6. The molecule has 0 aliphatic carbocycles. The third-order valence-electron chi connectivity index (χ3n) is 0. The van der Waals surface area contributed by atoms with Gasteiger partial charge in [-0.2, -0.15) is 0 Å². The summed E-state index contributed by atoms with van der Waals surface area (Å²) in [5, 5.41) is 0. The normalized spacial score (nSPS) is 5.36. The van der Waals surface area contributed by atoms with Crippen molar-refractivity contribution in [3.05, 3.63) is 0 Å². The molecule has 0 fully saturated rings. The predicted octanol–water partition coefficient (Wildman–Crippen LogP) is -0.944. The fraction of sp³-hybridized carbons (Fsp3) is 0. The van der Waals surface area contributed by atoms with Crippen LogP contribution in [0.3, 0.4) is 0 Å². The van der Waals surface area contributed by atoms with E-state index < -0.39 is 7.82 Å². The van der Waals surface area contributed by atoms with Crippen molar-refractivity contribution >= 4 is 7.82 Å². The number of phosphoric acid groups is 1. The standard InChI is InChI=1S/H3O4P.6W/c1-5(2,3)4;;;;;;/h(H3,1,2,3,4);;;;;;. The van der Waals surface area contributed by atoms with Gasteiger partial charge in [0.15, 0.2) is 0 Å². The summed E-state index contributed by atoms with van der Waals surface area (Å²) in [7, 11) is -4.64. The predicted molar refractivity (Wildman–Crippen MR) is 14.3 cm³/mol. The quantitative estimate of drug-likeness (QED) is 0.274. The van der Waals surface area contributed by atoms with Gasteiger partial charge in [-0.05, 0) is 0 Å². The topological polar surface area (TPSA) is 77.8 Å². The largest absolute Gasteiger partial charge is 0.466 e. The van der Waals surface area contributed by atoms with E-state index in [-0.39, 0.29) is 126 Å². The Morgan fingerprint density at radius 3 is 0.636 bits per heavy atom. The minimum atomic E-state index is -4.64. The van der Waals surface area contributed by atoms with Crippen molar-refractivity contribution in [1.29, 1.82) is 0 Å². The summed E-state index contributed by atoms with van der Waals surface area (Å²) in [6, 6.07) is 0. The Morgan fingerprint density at radius 1 is 0.636 bits per heavy atom. The fourth-order valence-electron chi connectivity index (χ4n) is 0. The molecule has 0 amide bonds. The second kappa shape index (κ2) is 23.8. The summed E-state index contributed by atoms with van der Waals surface area (Å²) in [6.07, 6.45) is 0. The third kappa shape index (κ3) is 119. The molecule has 3 N–H and O–H groups in total. The molecule has 0 saturated heterocycles. The molecule has 0 aromatic carbocycles. The Labute approximate surface area is 151 Å². The maximum Gasteiger partial charge on any atom is 0.466 e. The first-order valence-corrected chi connectivity index (χ1v) is 2.35. The zero-order valence-corrected chi connectivity index (χ0v) is 23.1. The van der Waals surface area contributed by atoms with Crippen LogP contribution in [0.1, 0.15) is 0 Å². The molecule has 0 aromatic heterocycles. The summed E-state index contributed by atoms with van der Waals surface area (Å²) in [5.74, 6) is 0. The van der Waals surface area contributed by atoms with Crippen LogP contribution in [0.4, 0.5) is 0 Å². The van der Waals surface area contributed by atoms with Gasteiger partial charge in [0.05, 0.1) is 0 Å². The van der Waals surface area contributed by atoms with Crippen molar-refractivity contribution in [2.45, 2.75) is 0 Å². The van der Waals surface area contributed by atoms with Crippen LogP contribution in [0.5, 0.6) is 0 Å². The Balaban J connectivity index is -0.00000000533. The van der Waals surface area contributed by atoms with Crippen LogP contribution >= 0.6 is 7.82 Å². The van der Waals surface area contributed by atoms with E-state index in [1.807, 2.05) is 0 Å². The fourth-order valence-corrected chi connectivity index (χ4v) is 0. The van der Waals surface area contributed by atoms with Crippen LogP contribution in [0.25, 0.3) is 0 Å². The van der Waals surface area contributed by atoms with Crippen LogP contribution in [-0.4, -0.2) is 14.7 Å². The van der Waals surface area contributed by atoms with Gasteiger partial charge in [0, 0.05) is 126 Å². The van der Waals surface area contributed by atoms with Gasteiger partial charge < -0.3 is 14.7 Å². The summed E-state index contributed by atoms with van der Waals surface area (Å²) in [4.78, 5) is 21.6. The van der Waals surface area contributed by atoms with E-state index in [0.717, 1.165) is 0 Å². The van der Waals surface area contributed by atoms with E-state index in [1.165, 1.54) is 0 Å². The molecule has 0 heterocycles. The Morgan fingerprint density at radius 2 is 0.636 bits per heavy atom. The van der Waals surface area contributed by atoms with Crippen molar-refractivity contribution in [3.63, 3.8) is 0 Å². The van der Waals surface area contributed by atoms with Crippen molar-refractivity contribution < 1.29 is 146 Å². The molecule has 0 radical (unpaired) electrons. The SMILES string of the molecule is O=P(O)(O)O.[W].[W].[W].[W].[W].[W]. The molecule has 0 spiro atoms. The van der Waals surface area contributed by atoms with Crippen molar-refractivity contribution in [2.75, 3.05) is 0 Å². The molecule has 0 aromatic rings.